The van der Waals surface area contributed by atoms with Crippen molar-refractivity contribution >= 4 is 11.7 Å². The van der Waals surface area contributed by atoms with Gasteiger partial charge in [0.2, 0.25) is 0 Å². The Bertz CT molecular complexity index is 678. The Balaban J connectivity index is 1.54. The summed E-state index contributed by atoms with van der Waals surface area (Å²) in [6, 6.07) is 18.1. The van der Waals surface area contributed by atoms with Crippen LogP contribution < -0.4 is 15.0 Å². The van der Waals surface area contributed by atoms with Crippen LogP contribution in [0.4, 0.5) is 10.5 Å². The lowest BCUT2D eigenvalue weighted by Crippen LogP contribution is -2.52. The van der Waals surface area contributed by atoms with E-state index >= 15 is 0 Å². The molecule has 1 heterocycles. The molecule has 0 saturated carbocycles. The van der Waals surface area contributed by atoms with Crippen molar-refractivity contribution in [1.82, 2.24) is 10.2 Å². The molecular formula is C20H25N3O2. The van der Waals surface area contributed by atoms with Gasteiger partial charge in [-0.05, 0) is 50.2 Å². The summed E-state index contributed by atoms with van der Waals surface area (Å²) in [6.07, 6.45) is 0. The average molecular weight is 339 g/mol. The van der Waals surface area contributed by atoms with E-state index < -0.39 is 0 Å². The molecule has 0 radical (unpaired) electrons. The molecule has 5 nitrogen and oxygen atoms in total. The molecule has 1 saturated heterocycles. The van der Waals surface area contributed by atoms with Crippen LogP contribution in [0.2, 0.25) is 0 Å². The number of urea groups is 1. The maximum atomic E-state index is 12.0. The number of ether oxygens (including phenoxy) is 1. The zero-order chi connectivity index (χ0) is 17.6. The van der Waals surface area contributed by atoms with Crippen LogP contribution in [0.15, 0.2) is 54.6 Å². The van der Waals surface area contributed by atoms with Gasteiger partial charge in [0.15, 0.2) is 0 Å². The first-order valence-electron chi connectivity index (χ1n) is 8.75. The first-order chi connectivity index (χ1) is 12.1. The highest BCUT2D eigenvalue weighted by Gasteiger charge is 2.21. The Hall–Kier alpha value is -2.69. The molecule has 0 atom stereocenters. The molecule has 2 amide bonds. The van der Waals surface area contributed by atoms with Crippen LogP contribution in [-0.4, -0.2) is 43.2 Å². The number of hydrogen-bond donors (Lipinski definition) is 1. The smallest absolute Gasteiger partial charge is 0.317 e. The highest BCUT2D eigenvalue weighted by molar-refractivity contribution is 5.74. The molecular weight excluding hydrogens is 314 g/mol. The van der Waals surface area contributed by atoms with Crippen LogP contribution in [-0.2, 0) is 0 Å². The molecule has 3 rings (SSSR count). The summed E-state index contributed by atoms with van der Waals surface area (Å²) in [6.45, 7) is 7.11. The Morgan fingerprint density at radius 2 is 1.52 bits per heavy atom. The zero-order valence-corrected chi connectivity index (χ0v) is 14.8. The monoisotopic (exact) mass is 339 g/mol. The van der Waals surface area contributed by atoms with E-state index in [1.54, 1.807) is 0 Å². The number of rotatable bonds is 4. The van der Waals surface area contributed by atoms with Gasteiger partial charge in [-0.3, -0.25) is 0 Å². The quantitative estimate of drug-likeness (QED) is 0.923. The number of para-hydroxylation sites is 1. The SMILES string of the molecule is CC(C)NC(=O)N1CCN(c2ccc(Oc3ccccc3)cc2)CC1. The van der Waals surface area contributed by atoms with Crippen molar-refractivity contribution in [1.29, 1.82) is 0 Å². The largest absolute Gasteiger partial charge is 0.457 e. The van der Waals surface area contributed by atoms with E-state index in [2.05, 4.69) is 22.3 Å². The second kappa shape index (κ2) is 7.92. The minimum absolute atomic E-state index is 0.0289. The Labute approximate surface area is 149 Å². The molecule has 2 aromatic carbocycles. The molecule has 0 unspecified atom stereocenters. The first-order valence-corrected chi connectivity index (χ1v) is 8.75. The van der Waals surface area contributed by atoms with Crippen LogP contribution >= 0.6 is 0 Å². The average Bonchev–Trinajstić information content (AvgIpc) is 2.63. The number of piperazine rings is 1. The van der Waals surface area contributed by atoms with E-state index in [0.29, 0.717) is 0 Å². The normalized spacial score (nSPS) is 14.5. The lowest BCUT2D eigenvalue weighted by Gasteiger charge is -2.36. The summed E-state index contributed by atoms with van der Waals surface area (Å²) in [5.41, 5.74) is 1.16. The van der Waals surface area contributed by atoms with Crippen molar-refractivity contribution in [2.45, 2.75) is 19.9 Å². The maximum Gasteiger partial charge on any atom is 0.317 e. The summed E-state index contributed by atoms with van der Waals surface area (Å²) in [4.78, 5) is 16.2. The standard InChI is InChI=1S/C20H25N3O2/c1-16(2)21-20(24)23-14-12-22(13-15-23)17-8-10-19(11-9-17)25-18-6-4-3-5-7-18/h3-11,16H,12-15H2,1-2H3,(H,21,24). The molecule has 1 fully saturated rings. The number of amides is 2. The fourth-order valence-electron chi connectivity index (χ4n) is 2.86. The minimum Gasteiger partial charge on any atom is -0.457 e. The summed E-state index contributed by atoms with van der Waals surface area (Å²) in [5.74, 6) is 1.66. The van der Waals surface area contributed by atoms with Crippen molar-refractivity contribution in [3.05, 3.63) is 54.6 Å². The highest BCUT2D eigenvalue weighted by Crippen LogP contribution is 2.24. The van der Waals surface area contributed by atoms with Crippen molar-refractivity contribution in [2.24, 2.45) is 0 Å². The van der Waals surface area contributed by atoms with E-state index in [1.807, 2.05) is 61.2 Å². The molecule has 0 aliphatic carbocycles. The number of nitrogens with zero attached hydrogens (tertiary/aromatic N) is 2. The Kier molecular flexibility index (Phi) is 5.43. The Morgan fingerprint density at radius 1 is 0.920 bits per heavy atom. The summed E-state index contributed by atoms with van der Waals surface area (Å²) in [5, 5.41) is 2.95. The summed E-state index contributed by atoms with van der Waals surface area (Å²) >= 11 is 0. The van der Waals surface area contributed by atoms with Gasteiger partial charge < -0.3 is 19.9 Å². The van der Waals surface area contributed by atoms with Crippen LogP contribution in [0.1, 0.15) is 13.8 Å². The highest BCUT2D eigenvalue weighted by atomic mass is 16.5. The topological polar surface area (TPSA) is 44.8 Å². The van der Waals surface area contributed by atoms with E-state index in [0.717, 1.165) is 43.4 Å². The van der Waals surface area contributed by atoms with Gasteiger partial charge in [-0.2, -0.15) is 0 Å². The molecule has 1 aliphatic heterocycles. The van der Waals surface area contributed by atoms with E-state index in [9.17, 15) is 4.79 Å². The molecule has 0 spiro atoms. The maximum absolute atomic E-state index is 12.0. The summed E-state index contributed by atoms with van der Waals surface area (Å²) < 4.78 is 5.83. The second-order valence-corrected chi connectivity index (χ2v) is 6.49. The molecule has 5 heteroatoms. The van der Waals surface area contributed by atoms with Crippen molar-refractivity contribution in [3.63, 3.8) is 0 Å². The Morgan fingerprint density at radius 3 is 2.12 bits per heavy atom. The minimum atomic E-state index is 0.0289. The second-order valence-electron chi connectivity index (χ2n) is 6.49. The van der Waals surface area contributed by atoms with Gasteiger partial charge in [0.1, 0.15) is 11.5 Å². The molecule has 0 aromatic heterocycles. The molecule has 1 N–H and O–H groups in total. The van der Waals surface area contributed by atoms with Crippen molar-refractivity contribution < 1.29 is 9.53 Å². The summed E-state index contributed by atoms with van der Waals surface area (Å²) in [7, 11) is 0. The molecule has 132 valence electrons. The van der Waals surface area contributed by atoms with Crippen molar-refractivity contribution in [3.8, 4) is 11.5 Å². The number of carbonyl (C=O) groups excluding carboxylic acids is 1. The fourth-order valence-corrected chi connectivity index (χ4v) is 2.86. The van der Waals surface area contributed by atoms with E-state index in [1.165, 1.54) is 0 Å². The van der Waals surface area contributed by atoms with Gasteiger partial charge in [-0.1, -0.05) is 18.2 Å². The van der Waals surface area contributed by atoms with Crippen LogP contribution in [0.5, 0.6) is 11.5 Å². The third-order valence-electron chi connectivity index (χ3n) is 4.16. The van der Waals surface area contributed by atoms with Gasteiger partial charge in [-0.25, -0.2) is 4.79 Å². The third kappa shape index (κ3) is 4.66. The van der Waals surface area contributed by atoms with E-state index in [-0.39, 0.29) is 12.1 Å². The van der Waals surface area contributed by atoms with Gasteiger partial charge in [0.05, 0.1) is 0 Å². The number of nitrogens with one attached hydrogen (secondary N) is 1. The fraction of sp³-hybridized carbons (Fsp3) is 0.350. The zero-order valence-electron chi connectivity index (χ0n) is 14.8. The first kappa shape index (κ1) is 17.1. The van der Waals surface area contributed by atoms with E-state index in [4.69, 9.17) is 4.74 Å². The lowest BCUT2D eigenvalue weighted by atomic mass is 10.2. The molecule has 0 bridgehead atoms. The van der Waals surface area contributed by atoms with Gasteiger partial charge >= 0.3 is 6.03 Å². The predicted molar refractivity (Wildman–Crippen MR) is 100 cm³/mol. The number of benzene rings is 2. The van der Waals surface area contributed by atoms with Gasteiger partial charge in [-0.15, -0.1) is 0 Å². The number of anilines is 1. The van der Waals surface area contributed by atoms with Crippen LogP contribution in [0, 0.1) is 0 Å². The lowest BCUT2D eigenvalue weighted by molar-refractivity contribution is 0.192. The predicted octanol–water partition coefficient (Wildman–Crippen LogP) is 3.72. The van der Waals surface area contributed by atoms with Gasteiger partial charge in [0.25, 0.3) is 0 Å². The molecule has 2 aromatic rings. The molecule has 1 aliphatic rings. The van der Waals surface area contributed by atoms with Crippen LogP contribution in [0.3, 0.4) is 0 Å². The third-order valence-corrected chi connectivity index (χ3v) is 4.16. The number of carbonyl (C=O) groups is 1. The van der Waals surface area contributed by atoms with Crippen LogP contribution in [0.25, 0.3) is 0 Å². The van der Waals surface area contributed by atoms with Crippen molar-refractivity contribution in [2.75, 3.05) is 31.1 Å². The van der Waals surface area contributed by atoms with Gasteiger partial charge in [0, 0.05) is 37.9 Å². The number of hydrogen-bond acceptors (Lipinski definition) is 3. The molecule has 25 heavy (non-hydrogen) atoms.